The van der Waals surface area contributed by atoms with Crippen LogP contribution in [0.1, 0.15) is 19.3 Å². The number of hydrogen-bond donors (Lipinski definition) is 8. The van der Waals surface area contributed by atoms with Crippen molar-refractivity contribution in [3.63, 3.8) is 0 Å². The maximum absolute atomic E-state index is 12.0. The van der Waals surface area contributed by atoms with Gasteiger partial charge in [-0.15, -0.1) is 0 Å². The molecule has 0 aliphatic rings. The number of aliphatic carboxylic acids is 1. The quantitative estimate of drug-likeness (QED) is 0.145. The second-order valence-corrected chi connectivity index (χ2v) is 5.49. The molecule has 0 heterocycles. The number of carbonyl (C=O) groups is 4. The van der Waals surface area contributed by atoms with Crippen molar-refractivity contribution < 1.29 is 34.5 Å². The van der Waals surface area contributed by atoms with E-state index in [9.17, 15) is 24.3 Å². The minimum absolute atomic E-state index is 0.152. The van der Waals surface area contributed by atoms with E-state index in [0.717, 1.165) is 0 Å². The molecule has 3 atom stereocenters. The van der Waals surface area contributed by atoms with Gasteiger partial charge in [0.2, 0.25) is 17.7 Å². The number of unbranched alkanes of at least 4 members (excludes halogenated alkanes) is 1. The summed E-state index contributed by atoms with van der Waals surface area (Å²) in [5.74, 6) is -3.69. The van der Waals surface area contributed by atoms with E-state index in [1.165, 1.54) is 0 Å². The lowest BCUT2D eigenvalue weighted by molar-refractivity contribution is -0.142. The van der Waals surface area contributed by atoms with Gasteiger partial charge in [0.05, 0.1) is 19.8 Å². The summed E-state index contributed by atoms with van der Waals surface area (Å²) in [5, 5.41) is 33.6. The van der Waals surface area contributed by atoms with Crippen LogP contribution in [0.3, 0.4) is 0 Å². The number of nitrogens with two attached hydrogens (primary N) is 2. The summed E-state index contributed by atoms with van der Waals surface area (Å²) < 4.78 is 0. The van der Waals surface area contributed by atoms with E-state index < -0.39 is 61.6 Å². The van der Waals surface area contributed by atoms with Gasteiger partial charge >= 0.3 is 5.97 Å². The van der Waals surface area contributed by atoms with Gasteiger partial charge in [0, 0.05) is 0 Å². The predicted molar refractivity (Wildman–Crippen MR) is 89.6 cm³/mol. The van der Waals surface area contributed by atoms with Crippen molar-refractivity contribution in [1.29, 1.82) is 0 Å². The molecule has 0 bridgehead atoms. The summed E-state index contributed by atoms with van der Waals surface area (Å²) in [6, 6.07) is -3.76. The predicted octanol–water partition coefficient (Wildman–Crippen LogP) is -4.40. The summed E-state index contributed by atoms with van der Waals surface area (Å²) >= 11 is 0. The topological polar surface area (TPSA) is 217 Å². The molecule has 0 aromatic rings. The van der Waals surface area contributed by atoms with Gasteiger partial charge < -0.3 is 42.7 Å². The third-order valence-corrected chi connectivity index (χ3v) is 3.35. The third kappa shape index (κ3) is 9.27. The Morgan fingerprint density at radius 2 is 1.58 bits per heavy atom. The van der Waals surface area contributed by atoms with Gasteiger partial charge in [0.1, 0.15) is 18.1 Å². The molecule has 0 saturated heterocycles. The molecule has 0 aliphatic carbocycles. The van der Waals surface area contributed by atoms with E-state index >= 15 is 0 Å². The Morgan fingerprint density at radius 3 is 2.08 bits per heavy atom. The lowest BCUT2D eigenvalue weighted by atomic mass is 10.1. The van der Waals surface area contributed by atoms with Gasteiger partial charge in [-0.05, 0) is 25.8 Å². The Hall–Kier alpha value is -2.28. The average molecular weight is 377 g/mol. The van der Waals surface area contributed by atoms with E-state index in [1.807, 2.05) is 0 Å². The Kier molecular flexibility index (Phi) is 11.9. The molecule has 0 aromatic carbocycles. The van der Waals surface area contributed by atoms with Crippen molar-refractivity contribution in [1.82, 2.24) is 16.0 Å². The van der Waals surface area contributed by atoms with Crippen LogP contribution in [0.25, 0.3) is 0 Å². The highest BCUT2D eigenvalue weighted by molar-refractivity contribution is 5.92. The number of aliphatic hydroxyl groups excluding tert-OH is 2. The number of aliphatic hydroxyl groups is 2. The number of carbonyl (C=O) groups excluding carboxylic acids is 3. The first-order valence-electron chi connectivity index (χ1n) is 8.04. The van der Waals surface area contributed by atoms with Crippen LogP contribution in [0.4, 0.5) is 0 Å². The Labute approximate surface area is 150 Å². The van der Waals surface area contributed by atoms with E-state index in [-0.39, 0.29) is 6.42 Å². The summed E-state index contributed by atoms with van der Waals surface area (Å²) in [6.45, 7) is -1.51. The lowest BCUT2D eigenvalue weighted by Crippen LogP contribution is -2.55. The number of amides is 3. The summed E-state index contributed by atoms with van der Waals surface area (Å²) in [6.07, 6.45) is 1.23. The molecule has 12 nitrogen and oxygen atoms in total. The zero-order valence-electron chi connectivity index (χ0n) is 14.3. The van der Waals surface area contributed by atoms with Crippen LogP contribution in [0.5, 0.6) is 0 Å². The summed E-state index contributed by atoms with van der Waals surface area (Å²) in [5.41, 5.74) is 10.6. The van der Waals surface area contributed by atoms with Crippen LogP contribution < -0.4 is 27.4 Å². The van der Waals surface area contributed by atoms with E-state index in [2.05, 4.69) is 16.0 Å². The molecule has 0 fully saturated rings. The van der Waals surface area contributed by atoms with Crippen LogP contribution in [-0.4, -0.2) is 83.4 Å². The fraction of sp³-hybridized carbons (Fsp3) is 0.714. The molecule has 0 spiro atoms. The minimum Gasteiger partial charge on any atom is -0.480 e. The molecule has 0 aromatic heterocycles. The number of carboxylic acid groups (broad SMARTS) is 1. The first-order valence-corrected chi connectivity index (χ1v) is 8.04. The van der Waals surface area contributed by atoms with Crippen LogP contribution in [0.15, 0.2) is 0 Å². The molecule has 12 heteroatoms. The second-order valence-electron chi connectivity index (χ2n) is 5.49. The lowest BCUT2D eigenvalue weighted by Gasteiger charge is -2.20. The first kappa shape index (κ1) is 23.7. The van der Waals surface area contributed by atoms with Crippen molar-refractivity contribution in [2.75, 3.05) is 26.3 Å². The molecule has 26 heavy (non-hydrogen) atoms. The highest BCUT2D eigenvalue weighted by Gasteiger charge is 2.26. The Bertz CT molecular complexity index is 488. The zero-order chi connectivity index (χ0) is 20.1. The summed E-state index contributed by atoms with van der Waals surface area (Å²) in [4.78, 5) is 46.2. The standard InChI is InChI=1S/C14H27N5O7/c15-4-2-1-3-9(14(25)26)19-13(24)10(7-21)18-11(22)5-17-12(23)8(16)6-20/h8-10,20-21H,1-7,15-16H2,(H,17,23)(H,18,22)(H,19,24)(H,25,26)/t8-,9-,10-/m0/s1. The molecular weight excluding hydrogens is 350 g/mol. The van der Waals surface area contributed by atoms with Crippen molar-refractivity contribution in [2.45, 2.75) is 37.4 Å². The van der Waals surface area contributed by atoms with Gasteiger partial charge in [-0.2, -0.15) is 0 Å². The van der Waals surface area contributed by atoms with E-state index in [1.54, 1.807) is 0 Å². The van der Waals surface area contributed by atoms with Gasteiger partial charge in [-0.25, -0.2) is 4.79 Å². The van der Waals surface area contributed by atoms with Gasteiger partial charge in [-0.3, -0.25) is 14.4 Å². The van der Waals surface area contributed by atoms with Crippen LogP contribution in [0, 0.1) is 0 Å². The fourth-order valence-corrected chi connectivity index (χ4v) is 1.84. The van der Waals surface area contributed by atoms with Crippen LogP contribution >= 0.6 is 0 Å². The minimum atomic E-state index is -1.39. The van der Waals surface area contributed by atoms with Crippen molar-refractivity contribution >= 4 is 23.7 Å². The number of hydrogen-bond acceptors (Lipinski definition) is 8. The molecule has 10 N–H and O–H groups in total. The molecule has 0 radical (unpaired) electrons. The maximum Gasteiger partial charge on any atom is 0.326 e. The first-order chi connectivity index (χ1) is 12.3. The Morgan fingerprint density at radius 1 is 0.923 bits per heavy atom. The molecule has 0 rings (SSSR count). The second kappa shape index (κ2) is 13.0. The number of nitrogens with one attached hydrogen (secondary N) is 3. The normalized spacial score (nSPS) is 14.0. The average Bonchev–Trinajstić information content (AvgIpc) is 2.62. The highest BCUT2D eigenvalue weighted by Crippen LogP contribution is 2.01. The third-order valence-electron chi connectivity index (χ3n) is 3.35. The summed E-state index contributed by atoms with van der Waals surface area (Å²) in [7, 11) is 0. The molecule has 0 unspecified atom stereocenters. The van der Waals surface area contributed by atoms with Crippen molar-refractivity contribution in [2.24, 2.45) is 11.5 Å². The molecule has 150 valence electrons. The van der Waals surface area contributed by atoms with Gasteiger partial charge in [0.15, 0.2) is 0 Å². The van der Waals surface area contributed by atoms with E-state index in [4.69, 9.17) is 21.7 Å². The van der Waals surface area contributed by atoms with Crippen LogP contribution in [0.2, 0.25) is 0 Å². The molecular formula is C14H27N5O7. The largest absolute Gasteiger partial charge is 0.480 e. The highest BCUT2D eigenvalue weighted by atomic mass is 16.4. The number of carboxylic acids is 1. The van der Waals surface area contributed by atoms with Gasteiger partial charge in [-0.1, -0.05) is 0 Å². The molecule has 0 aliphatic heterocycles. The molecule has 3 amide bonds. The van der Waals surface area contributed by atoms with E-state index in [0.29, 0.717) is 19.4 Å². The fourth-order valence-electron chi connectivity index (χ4n) is 1.84. The Balaban J connectivity index is 4.55. The molecule has 0 saturated carbocycles. The van der Waals surface area contributed by atoms with Crippen molar-refractivity contribution in [3.8, 4) is 0 Å². The zero-order valence-corrected chi connectivity index (χ0v) is 14.3. The van der Waals surface area contributed by atoms with Gasteiger partial charge in [0.25, 0.3) is 0 Å². The van der Waals surface area contributed by atoms with Crippen LogP contribution in [-0.2, 0) is 19.2 Å². The monoisotopic (exact) mass is 377 g/mol. The maximum atomic E-state index is 12.0. The number of rotatable bonds is 13. The van der Waals surface area contributed by atoms with Crippen molar-refractivity contribution in [3.05, 3.63) is 0 Å². The SMILES string of the molecule is NCCCC[C@H](NC(=O)[C@H](CO)NC(=O)CNC(=O)[C@@H](N)CO)C(=O)O. The smallest absolute Gasteiger partial charge is 0.326 e.